The molecule has 1 aromatic rings. The number of nitrogens with one attached hydrogen (secondary N) is 1. The topological polar surface area (TPSA) is 69.6 Å². The van der Waals surface area contributed by atoms with Gasteiger partial charge >= 0.3 is 0 Å². The summed E-state index contributed by atoms with van der Waals surface area (Å²) in [6.07, 6.45) is 3.29. The zero-order chi connectivity index (χ0) is 14.4. The van der Waals surface area contributed by atoms with Crippen LogP contribution < -0.4 is 4.72 Å². The maximum Gasteiger partial charge on any atom is 0.280 e. The molecular formula is C14H22N2O3S. The minimum absolute atomic E-state index is 0.0535. The number of rotatable bonds is 6. The Hall–Kier alpha value is -0.950. The van der Waals surface area contributed by atoms with Crippen LogP contribution in [0.25, 0.3) is 0 Å². The van der Waals surface area contributed by atoms with E-state index in [-0.39, 0.29) is 12.6 Å². The van der Waals surface area contributed by atoms with Crippen LogP contribution in [0.1, 0.15) is 37.3 Å². The second-order valence-electron chi connectivity index (χ2n) is 5.06. The predicted molar refractivity (Wildman–Crippen MR) is 78.4 cm³/mol. The van der Waals surface area contributed by atoms with Gasteiger partial charge in [-0.1, -0.05) is 36.8 Å². The van der Waals surface area contributed by atoms with Gasteiger partial charge in [0.25, 0.3) is 10.2 Å². The van der Waals surface area contributed by atoms with Gasteiger partial charge in [0, 0.05) is 19.7 Å². The summed E-state index contributed by atoms with van der Waals surface area (Å²) in [5.41, 5.74) is 0.877. The number of aliphatic hydroxyl groups is 1. The average molecular weight is 298 g/mol. The van der Waals surface area contributed by atoms with Crippen LogP contribution in [0.2, 0.25) is 0 Å². The molecule has 20 heavy (non-hydrogen) atoms. The van der Waals surface area contributed by atoms with Gasteiger partial charge in [0.1, 0.15) is 0 Å². The molecule has 6 heteroatoms. The fourth-order valence-electron chi connectivity index (χ4n) is 2.47. The molecule has 0 aromatic heterocycles. The van der Waals surface area contributed by atoms with Gasteiger partial charge in [-0.2, -0.15) is 17.4 Å². The number of piperidine rings is 1. The van der Waals surface area contributed by atoms with Gasteiger partial charge in [0.2, 0.25) is 0 Å². The van der Waals surface area contributed by atoms with Crippen molar-refractivity contribution in [2.24, 2.45) is 0 Å². The van der Waals surface area contributed by atoms with Crippen LogP contribution in [-0.4, -0.2) is 37.5 Å². The first-order valence-corrected chi connectivity index (χ1v) is 8.51. The van der Waals surface area contributed by atoms with E-state index in [4.69, 9.17) is 5.11 Å². The van der Waals surface area contributed by atoms with Crippen LogP contribution in [0.15, 0.2) is 30.3 Å². The van der Waals surface area contributed by atoms with Gasteiger partial charge in [-0.3, -0.25) is 0 Å². The summed E-state index contributed by atoms with van der Waals surface area (Å²) in [5, 5.41) is 9.16. The Morgan fingerprint density at radius 3 is 2.40 bits per heavy atom. The van der Waals surface area contributed by atoms with Crippen molar-refractivity contribution in [3.05, 3.63) is 35.9 Å². The molecular weight excluding hydrogens is 276 g/mol. The first-order valence-electron chi connectivity index (χ1n) is 7.06. The molecule has 1 aromatic carbocycles. The van der Waals surface area contributed by atoms with E-state index in [0.717, 1.165) is 24.8 Å². The Balaban J connectivity index is 2.11. The first kappa shape index (κ1) is 15.4. The maximum atomic E-state index is 12.4. The van der Waals surface area contributed by atoms with Crippen LogP contribution in [0.5, 0.6) is 0 Å². The number of hydrogen-bond acceptors (Lipinski definition) is 3. The molecule has 0 spiro atoms. The second kappa shape index (κ2) is 7.17. The van der Waals surface area contributed by atoms with E-state index < -0.39 is 10.2 Å². The third-order valence-corrected chi connectivity index (χ3v) is 5.19. The van der Waals surface area contributed by atoms with Gasteiger partial charge in [0.15, 0.2) is 0 Å². The van der Waals surface area contributed by atoms with Crippen LogP contribution in [0.3, 0.4) is 0 Å². The number of hydrogen-bond donors (Lipinski definition) is 2. The summed E-state index contributed by atoms with van der Waals surface area (Å²) in [6, 6.07) is 8.99. The predicted octanol–water partition coefficient (Wildman–Crippen LogP) is 1.43. The zero-order valence-electron chi connectivity index (χ0n) is 11.5. The highest BCUT2D eigenvalue weighted by atomic mass is 32.2. The lowest BCUT2D eigenvalue weighted by Gasteiger charge is -2.28. The Morgan fingerprint density at radius 2 is 1.80 bits per heavy atom. The van der Waals surface area contributed by atoms with Gasteiger partial charge in [-0.25, -0.2) is 0 Å². The van der Waals surface area contributed by atoms with Crippen LogP contribution in [0, 0.1) is 0 Å². The summed E-state index contributed by atoms with van der Waals surface area (Å²) in [7, 11) is -3.48. The fraction of sp³-hybridized carbons (Fsp3) is 0.571. The molecule has 0 aliphatic carbocycles. The molecule has 1 aliphatic heterocycles. The first-order chi connectivity index (χ1) is 9.63. The van der Waals surface area contributed by atoms with E-state index in [9.17, 15) is 8.42 Å². The molecule has 1 saturated heterocycles. The smallest absolute Gasteiger partial charge is 0.280 e. The lowest BCUT2D eigenvalue weighted by atomic mass is 10.1. The van der Waals surface area contributed by atoms with E-state index in [0.29, 0.717) is 19.5 Å². The van der Waals surface area contributed by atoms with Crippen molar-refractivity contribution in [2.75, 3.05) is 19.7 Å². The highest BCUT2D eigenvalue weighted by molar-refractivity contribution is 7.87. The molecule has 0 unspecified atom stereocenters. The summed E-state index contributed by atoms with van der Waals surface area (Å²) < 4.78 is 29.0. The van der Waals surface area contributed by atoms with Gasteiger partial charge in [-0.15, -0.1) is 0 Å². The molecule has 1 heterocycles. The Labute approximate surface area is 120 Å². The quantitative estimate of drug-likeness (QED) is 0.835. The van der Waals surface area contributed by atoms with Crippen LogP contribution in [0.4, 0.5) is 0 Å². The highest BCUT2D eigenvalue weighted by Crippen LogP contribution is 2.20. The van der Waals surface area contributed by atoms with Gasteiger partial charge in [0.05, 0.1) is 6.04 Å². The zero-order valence-corrected chi connectivity index (χ0v) is 12.3. The Morgan fingerprint density at radius 1 is 1.15 bits per heavy atom. The lowest BCUT2D eigenvalue weighted by Crippen LogP contribution is -2.44. The highest BCUT2D eigenvalue weighted by Gasteiger charge is 2.27. The molecule has 0 saturated carbocycles. The van der Waals surface area contributed by atoms with Crippen LogP contribution >= 0.6 is 0 Å². The molecule has 1 fully saturated rings. The molecule has 0 radical (unpaired) electrons. The molecule has 5 nitrogen and oxygen atoms in total. The number of aliphatic hydroxyl groups excluding tert-OH is 1. The fourth-order valence-corrected chi connectivity index (χ4v) is 3.97. The van der Waals surface area contributed by atoms with Crippen LogP contribution in [-0.2, 0) is 10.2 Å². The minimum atomic E-state index is -3.48. The monoisotopic (exact) mass is 298 g/mol. The van der Waals surface area contributed by atoms with Crippen molar-refractivity contribution >= 4 is 10.2 Å². The van der Waals surface area contributed by atoms with Crippen molar-refractivity contribution in [1.82, 2.24) is 9.03 Å². The molecule has 112 valence electrons. The molecule has 2 N–H and O–H groups in total. The largest absolute Gasteiger partial charge is 0.396 e. The summed E-state index contributed by atoms with van der Waals surface area (Å²) in [4.78, 5) is 0. The second-order valence-corrected chi connectivity index (χ2v) is 6.76. The maximum absolute atomic E-state index is 12.4. The van der Waals surface area contributed by atoms with E-state index >= 15 is 0 Å². The van der Waals surface area contributed by atoms with E-state index in [1.165, 1.54) is 4.31 Å². The number of benzene rings is 1. The molecule has 0 bridgehead atoms. The van der Waals surface area contributed by atoms with Crippen molar-refractivity contribution in [3.63, 3.8) is 0 Å². The average Bonchev–Trinajstić information content (AvgIpc) is 2.48. The van der Waals surface area contributed by atoms with E-state index in [1.807, 2.05) is 30.3 Å². The minimum Gasteiger partial charge on any atom is -0.396 e. The van der Waals surface area contributed by atoms with Crippen molar-refractivity contribution in [3.8, 4) is 0 Å². The molecule has 1 atom stereocenters. The van der Waals surface area contributed by atoms with Crippen molar-refractivity contribution in [2.45, 2.75) is 31.7 Å². The Kier molecular flexibility index (Phi) is 5.54. The van der Waals surface area contributed by atoms with Gasteiger partial charge < -0.3 is 5.11 Å². The third-order valence-electron chi connectivity index (χ3n) is 3.57. The summed E-state index contributed by atoms with van der Waals surface area (Å²) in [6.45, 7) is 1.11. The number of nitrogens with zero attached hydrogens (tertiary/aromatic N) is 1. The summed E-state index contributed by atoms with van der Waals surface area (Å²) in [5.74, 6) is 0. The van der Waals surface area contributed by atoms with Crippen molar-refractivity contribution < 1.29 is 13.5 Å². The summed E-state index contributed by atoms with van der Waals surface area (Å²) >= 11 is 0. The molecule has 2 rings (SSSR count). The van der Waals surface area contributed by atoms with E-state index in [1.54, 1.807) is 0 Å². The SMILES string of the molecule is O=S(=O)(N[C@H](CCO)c1ccccc1)N1CCCCC1. The standard InChI is InChI=1S/C14H22N2O3S/c17-12-9-14(13-7-3-1-4-8-13)15-20(18,19)16-10-5-2-6-11-16/h1,3-4,7-8,14-15,17H,2,5-6,9-12H2/t14-/m1/s1. The molecule has 0 amide bonds. The normalized spacial score (nSPS) is 18.9. The van der Waals surface area contributed by atoms with Gasteiger partial charge in [-0.05, 0) is 24.8 Å². The van der Waals surface area contributed by atoms with E-state index in [2.05, 4.69) is 4.72 Å². The van der Waals surface area contributed by atoms with Crippen molar-refractivity contribution in [1.29, 1.82) is 0 Å². The third kappa shape index (κ3) is 4.02. The Bertz CT molecular complexity index is 498. The lowest BCUT2D eigenvalue weighted by molar-refractivity contribution is 0.270. The molecule has 1 aliphatic rings.